The summed E-state index contributed by atoms with van der Waals surface area (Å²) in [7, 11) is 0.848. The van der Waals surface area contributed by atoms with Crippen molar-refractivity contribution in [2.24, 2.45) is 0 Å². The quantitative estimate of drug-likeness (QED) is 0.591. The zero-order valence-electron chi connectivity index (χ0n) is 11.1. The molecule has 0 bridgehead atoms. The molecule has 7 nitrogen and oxygen atoms in total. The molecule has 1 rings (SSSR count). The predicted molar refractivity (Wildman–Crippen MR) is 72.6 cm³/mol. The number of benzene rings is 1. The molecule has 0 radical (unpaired) electrons. The second-order valence-corrected chi connectivity index (χ2v) is 5.13. The van der Waals surface area contributed by atoms with Gasteiger partial charge in [0.05, 0.1) is 0 Å². The van der Waals surface area contributed by atoms with Crippen molar-refractivity contribution in [3.05, 3.63) is 24.3 Å². The lowest BCUT2D eigenvalue weighted by atomic mass is 10.2. The Morgan fingerprint density at radius 2 is 1.63 bits per heavy atom. The predicted octanol–water partition coefficient (Wildman–Crippen LogP) is 0.940. The fraction of sp³-hybridized carbons (Fsp3) is 0.455. The molecule has 0 aliphatic carbocycles. The van der Waals surface area contributed by atoms with Crippen molar-refractivity contribution < 1.29 is 21.9 Å². The van der Waals surface area contributed by atoms with Gasteiger partial charge < -0.3 is 14.5 Å². The first kappa shape index (κ1) is 15.7. The van der Waals surface area contributed by atoms with Gasteiger partial charge in [-0.15, -0.1) is 0 Å². The highest BCUT2D eigenvalue weighted by Crippen LogP contribution is 2.19. The standard InChI is InChI=1S/C11H18N2O5S/c1-12(2)10-4-6-11(7-5-10)13(8-17-3)9-18-19(14,15)16/h4-7H,8-9H2,1-3H3,(H,14,15,16). The zero-order valence-corrected chi connectivity index (χ0v) is 11.9. The zero-order chi connectivity index (χ0) is 14.5. The topological polar surface area (TPSA) is 79.3 Å². The van der Waals surface area contributed by atoms with Gasteiger partial charge in [-0.05, 0) is 24.3 Å². The summed E-state index contributed by atoms with van der Waals surface area (Å²) in [6, 6.07) is 7.38. The van der Waals surface area contributed by atoms with Gasteiger partial charge >= 0.3 is 10.4 Å². The molecule has 108 valence electrons. The molecule has 1 N–H and O–H groups in total. The first-order valence-electron chi connectivity index (χ1n) is 5.46. The molecule has 0 saturated heterocycles. The van der Waals surface area contributed by atoms with Crippen molar-refractivity contribution >= 4 is 21.8 Å². The Hall–Kier alpha value is -1.35. The smallest absolute Gasteiger partial charge is 0.378 e. The minimum absolute atomic E-state index is 0.136. The summed E-state index contributed by atoms with van der Waals surface area (Å²) in [6.45, 7) is -0.190. The van der Waals surface area contributed by atoms with Crippen LogP contribution in [0.5, 0.6) is 0 Å². The minimum atomic E-state index is -4.47. The van der Waals surface area contributed by atoms with Gasteiger partial charge in [0.1, 0.15) is 13.5 Å². The first-order chi connectivity index (χ1) is 8.83. The van der Waals surface area contributed by atoms with E-state index in [4.69, 9.17) is 9.29 Å². The summed E-state index contributed by atoms with van der Waals surface area (Å²) < 4.78 is 39.0. The average molecular weight is 290 g/mol. The van der Waals surface area contributed by atoms with E-state index in [1.807, 2.05) is 43.3 Å². The van der Waals surface area contributed by atoms with Crippen LogP contribution in [0.25, 0.3) is 0 Å². The molecule has 1 aromatic carbocycles. The summed E-state index contributed by atoms with van der Waals surface area (Å²) in [5.74, 6) is 0. The molecule has 0 spiro atoms. The van der Waals surface area contributed by atoms with E-state index in [1.54, 1.807) is 0 Å². The van der Waals surface area contributed by atoms with Crippen molar-refractivity contribution in [1.82, 2.24) is 0 Å². The second kappa shape index (κ2) is 6.71. The van der Waals surface area contributed by atoms with E-state index >= 15 is 0 Å². The lowest BCUT2D eigenvalue weighted by molar-refractivity contribution is 0.170. The van der Waals surface area contributed by atoms with Gasteiger partial charge in [0.15, 0.2) is 0 Å². The minimum Gasteiger partial charge on any atom is -0.378 e. The molecule has 0 aromatic heterocycles. The van der Waals surface area contributed by atoms with E-state index < -0.39 is 10.4 Å². The molecule has 0 fully saturated rings. The monoisotopic (exact) mass is 290 g/mol. The van der Waals surface area contributed by atoms with Crippen molar-refractivity contribution in [3.63, 3.8) is 0 Å². The third-order valence-electron chi connectivity index (χ3n) is 2.37. The molecule has 0 aliphatic heterocycles. The van der Waals surface area contributed by atoms with Crippen LogP contribution in [0, 0.1) is 0 Å². The van der Waals surface area contributed by atoms with Crippen LogP contribution in [0.15, 0.2) is 24.3 Å². The molecule has 0 atom stereocenters. The number of ether oxygens (including phenoxy) is 1. The number of nitrogens with zero attached hydrogens (tertiary/aromatic N) is 2. The Morgan fingerprint density at radius 1 is 1.11 bits per heavy atom. The molecular formula is C11H18N2O5S. The van der Waals surface area contributed by atoms with E-state index in [1.165, 1.54) is 12.0 Å². The van der Waals surface area contributed by atoms with E-state index in [-0.39, 0.29) is 13.5 Å². The van der Waals surface area contributed by atoms with Crippen LogP contribution in [0.1, 0.15) is 0 Å². The molecule has 19 heavy (non-hydrogen) atoms. The van der Waals surface area contributed by atoms with E-state index in [9.17, 15) is 8.42 Å². The van der Waals surface area contributed by atoms with Crippen LogP contribution in [0.4, 0.5) is 11.4 Å². The van der Waals surface area contributed by atoms with Crippen LogP contribution in [0.3, 0.4) is 0 Å². The maximum atomic E-state index is 10.6. The molecule has 1 aromatic rings. The summed E-state index contributed by atoms with van der Waals surface area (Å²) in [4.78, 5) is 3.46. The lowest BCUT2D eigenvalue weighted by Crippen LogP contribution is -2.29. The van der Waals surface area contributed by atoms with Gasteiger partial charge in [0, 0.05) is 32.6 Å². The van der Waals surface area contributed by atoms with Crippen LogP contribution < -0.4 is 9.80 Å². The second-order valence-electron chi connectivity index (χ2n) is 4.04. The summed E-state index contributed by atoms with van der Waals surface area (Å²) in [5, 5.41) is 0. The van der Waals surface area contributed by atoms with Gasteiger partial charge in [-0.3, -0.25) is 4.55 Å². The van der Waals surface area contributed by atoms with Crippen LogP contribution >= 0.6 is 0 Å². The van der Waals surface area contributed by atoms with Crippen LogP contribution in [-0.2, 0) is 19.3 Å². The Bertz CT molecular complexity index is 486. The number of hydrogen-bond acceptors (Lipinski definition) is 6. The van der Waals surface area contributed by atoms with Crippen molar-refractivity contribution in [2.45, 2.75) is 0 Å². The fourth-order valence-corrected chi connectivity index (χ4v) is 1.69. The highest BCUT2D eigenvalue weighted by atomic mass is 32.3. The summed E-state index contributed by atoms with van der Waals surface area (Å²) in [5.41, 5.74) is 1.73. The molecule has 0 heterocycles. The van der Waals surface area contributed by atoms with Crippen LogP contribution in [-0.4, -0.2) is 47.6 Å². The normalized spacial score (nSPS) is 11.4. The molecule has 0 saturated carbocycles. The molecular weight excluding hydrogens is 272 g/mol. The number of methoxy groups -OCH3 is 1. The van der Waals surface area contributed by atoms with Crippen molar-refractivity contribution in [1.29, 1.82) is 0 Å². The van der Waals surface area contributed by atoms with Crippen molar-refractivity contribution in [3.8, 4) is 0 Å². The molecule has 8 heteroatoms. The maximum Gasteiger partial charge on any atom is 0.399 e. The van der Waals surface area contributed by atoms with E-state index in [0.717, 1.165) is 11.4 Å². The first-order valence-corrected chi connectivity index (χ1v) is 6.83. The summed E-state index contributed by atoms with van der Waals surface area (Å²) in [6.07, 6.45) is 0. The van der Waals surface area contributed by atoms with Gasteiger partial charge in [-0.25, -0.2) is 4.18 Å². The Kier molecular flexibility index (Phi) is 5.55. The third kappa shape index (κ3) is 5.43. The van der Waals surface area contributed by atoms with Crippen molar-refractivity contribution in [2.75, 3.05) is 44.5 Å². The van der Waals surface area contributed by atoms with Gasteiger partial charge in [0.25, 0.3) is 0 Å². The third-order valence-corrected chi connectivity index (χ3v) is 2.78. The molecule has 0 amide bonds. The molecule has 0 unspecified atom stereocenters. The van der Waals surface area contributed by atoms with E-state index in [0.29, 0.717) is 0 Å². The Labute approximate surface area is 113 Å². The highest BCUT2D eigenvalue weighted by Gasteiger charge is 2.11. The number of rotatable bonds is 7. The van der Waals surface area contributed by atoms with Crippen LogP contribution in [0.2, 0.25) is 0 Å². The highest BCUT2D eigenvalue weighted by molar-refractivity contribution is 7.80. The lowest BCUT2D eigenvalue weighted by Gasteiger charge is -2.23. The van der Waals surface area contributed by atoms with Gasteiger partial charge in [0.2, 0.25) is 0 Å². The number of hydrogen-bond donors (Lipinski definition) is 1. The molecule has 0 aliphatic rings. The maximum absolute atomic E-state index is 10.6. The van der Waals surface area contributed by atoms with Gasteiger partial charge in [-0.2, -0.15) is 8.42 Å². The summed E-state index contributed by atoms with van der Waals surface area (Å²) >= 11 is 0. The number of anilines is 2. The fourth-order valence-electron chi connectivity index (χ4n) is 1.43. The largest absolute Gasteiger partial charge is 0.399 e. The van der Waals surface area contributed by atoms with Gasteiger partial charge in [-0.1, -0.05) is 0 Å². The van der Waals surface area contributed by atoms with E-state index in [2.05, 4.69) is 4.18 Å². The Balaban J connectivity index is 2.80. The SMILES string of the molecule is COCN(COS(=O)(=O)O)c1ccc(N(C)C)cc1. The average Bonchev–Trinajstić information content (AvgIpc) is 2.33. The Morgan fingerprint density at radius 3 is 2.05 bits per heavy atom.